The summed E-state index contributed by atoms with van der Waals surface area (Å²) in [6, 6.07) is 7.08. The third kappa shape index (κ3) is 1.50. The highest BCUT2D eigenvalue weighted by molar-refractivity contribution is 5.54. The average molecular weight is 228 g/mol. The van der Waals surface area contributed by atoms with Crippen molar-refractivity contribution in [3.05, 3.63) is 29.3 Å². The molecule has 0 atom stereocenters. The lowest BCUT2D eigenvalue weighted by Crippen LogP contribution is -2.59. The van der Waals surface area contributed by atoms with Crippen molar-refractivity contribution in [2.75, 3.05) is 24.5 Å². The molecular weight excluding hydrogens is 208 g/mol. The molecule has 1 aromatic carbocycles. The fourth-order valence-corrected chi connectivity index (χ4v) is 3.60. The van der Waals surface area contributed by atoms with E-state index in [2.05, 4.69) is 28.4 Å². The fraction of sp³-hybridized carbons (Fsp3) is 0.600. The molecule has 0 bridgehead atoms. The Morgan fingerprint density at radius 1 is 1.12 bits per heavy atom. The van der Waals surface area contributed by atoms with Gasteiger partial charge in [0, 0.05) is 30.7 Å². The zero-order chi connectivity index (χ0) is 11.3. The molecule has 1 saturated heterocycles. The summed E-state index contributed by atoms with van der Waals surface area (Å²) < 4.78 is 0. The van der Waals surface area contributed by atoms with E-state index in [0.29, 0.717) is 0 Å². The fourth-order valence-electron chi connectivity index (χ4n) is 3.60. The topological polar surface area (TPSA) is 15.3 Å². The summed E-state index contributed by atoms with van der Waals surface area (Å²) in [6.07, 6.45) is 5.59. The number of benzene rings is 1. The van der Waals surface area contributed by atoms with E-state index < -0.39 is 0 Å². The molecule has 0 unspecified atom stereocenters. The molecule has 2 heteroatoms. The van der Waals surface area contributed by atoms with Crippen LogP contribution in [0.5, 0.6) is 0 Å². The predicted molar refractivity (Wildman–Crippen MR) is 70.3 cm³/mol. The van der Waals surface area contributed by atoms with Gasteiger partial charge in [0.2, 0.25) is 0 Å². The highest BCUT2D eigenvalue weighted by Crippen LogP contribution is 2.49. The molecule has 1 saturated carbocycles. The number of hydrogen-bond donors (Lipinski definition) is 1. The molecule has 2 nitrogen and oxygen atoms in total. The molecule has 1 N–H and O–H groups in total. The molecule has 2 aliphatic heterocycles. The average Bonchev–Trinajstić information content (AvgIpc) is 2.25. The van der Waals surface area contributed by atoms with Crippen molar-refractivity contribution >= 4 is 5.69 Å². The maximum Gasteiger partial charge on any atom is 0.0370 e. The Bertz CT molecular complexity index is 440. The Kier molecular flexibility index (Phi) is 2.04. The van der Waals surface area contributed by atoms with E-state index >= 15 is 0 Å². The molecule has 90 valence electrons. The largest absolute Gasteiger partial charge is 0.370 e. The first-order valence-electron chi connectivity index (χ1n) is 6.92. The molecule has 2 heterocycles. The van der Waals surface area contributed by atoms with Crippen LogP contribution in [0.25, 0.3) is 0 Å². The molecule has 1 aliphatic carbocycles. The Balaban J connectivity index is 1.54. The van der Waals surface area contributed by atoms with Gasteiger partial charge in [-0.05, 0) is 49.1 Å². The summed E-state index contributed by atoms with van der Waals surface area (Å²) in [5.74, 6) is 0. The van der Waals surface area contributed by atoms with E-state index in [4.69, 9.17) is 0 Å². The second kappa shape index (κ2) is 3.49. The maximum absolute atomic E-state index is 3.46. The Labute approximate surface area is 103 Å². The van der Waals surface area contributed by atoms with E-state index in [1.165, 1.54) is 50.0 Å². The minimum atomic E-state index is 0.730. The van der Waals surface area contributed by atoms with Crippen molar-refractivity contribution in [3.63, 3.8) is 0 Å². The molecule has 3 aliphatic rings. The zero-order valence-corrected chi connectivity index (χ0v) is 10.3. The summed E-state index contributed by atoms with van der Waals surface area (Å²) in [4.78, 5) is 2.56. The van der Waals surface area contributed by atoms with Gasteiger partial charge < -0.3 is 10.2 Å². The van der Waals surface area contributed by atoms with E-state index in [9.17, 15) is 0 Å². The van der Waals surface area contributed by atoms with Gasteiger partial charge in [-0.1, -0.05) is 12.5 Å². The van der Waals surface area contributed by atoms with Crippen molar-refractivity contribution in [2.24, 2.45) is 5.41 Å². The van der Waals surface area contributed by atoms with Gasteiger partial charge in [0.15, 0.2) is 0 Å². The van der Waals surface area contributed by atoms with Gasteiger partial charge >= 0.3 is 0 Å². The van der Waals surface area contributed by atoms with E-state index in [1.807, 2.05) is 0 Å². The first-order valence-corrected chi connectivity index (χ1v) is 6.92. The van der Waals surface area contributed by atoms with E-state index in [1.54, 1.807) is 5.56 Å². The van der Waals surface area contributed by atoms with Crippen LogP contribution in [0.15, 0.2) is 18.2 Å². The van der Waals surface area contributed by atoms with Crippen LogP contribution in [0.3, 0.4) is 0 Å². The lowest BCUT2D eigenvalue weighted by atomic mass is 9.63. The number of nitrogens with zero attached hydrogens (tertiary/aromatic N) is 1. The van der Waals surface area contributed by atoms with Crippen molar-refractivity contribution in [1.29, 1.82) is 0 Å². The van der Waals surface area contributed by atoms with Crippen molar-refractivity contribution in [2.45, 2.75) is 32.2 Å². The molecule has 1 aromatic rings. The van der Waals surface area contributed by atoms with Crippen molar-refractivity contribution in [3.8, 4) is 0 Å². The molecule has 2 fully saturated rings. The van der Waals surface area contributed by atoms with Crippen LogP contribution in [0.4, 0.5) is 5.69 Å². The SMILES string of the molecule is c1cc2c(cc1N1CC3(CCC3)C1)CNCC2. The highest BCUT2D eigenvalue weighted by Gasteiger charge is 2.47. The highest BCUT2D eigenvalue weighted by atomic mass is 15.2. The molecule has 0 aromatic heterocycles. The van der Waals surface area contributed by atoms with Crippen LogP contribution in [-0.4, -0.2) is 19.6 Å². The number of fused-ring (bicyclic) bond motifs is 1. The number of rotatable bonds is 1. The van der Waals surface area contributed by atoms with Gasteiger partial charge in [-0.15, -0.1) is 0 Å². The quantitative estimate of drug-likeness (QED) is 0.793. The maximum atomic E-state index is 3.46. The summed E-state index contributed by atoms with van der Waals surface area (Å²) >= 11 is 0. The molecule has 0 amide bonds. The monoisotopic (exact) mass is 228 g/mol. The van der Waals surface area contributed by atoms with E-state index in [0.717, 1.165) is 18.5 Å². The van der Waals surface area contributed by atoms with Crippen LogP contribution >= 0.6 is 0 Å². The molecule has 4 rings (SSSR count). The first-order chi connectivity index (χ1) is 8.35. The third-order valence-electron chi connectivity index (χ3n) is 4.91. The summed E-state index contributed by atoms with van der Waals surface area (Å²) in [5, 5.41) is 3.46. The van der Waals surface area contributed by atoms with Gasteiger partial charge in [-0.3, -0.25) is 0 Å². The number of nitrogens with one attached hydrogen (secondary N) is 1. The van der Waals surface area contributed by atoms with Crippen LogP contribution in [-0.2, 0) is 13.0 Å². The number of anilines is 1. The first kappa shape index (κ1) is 9.95. The Hall–Kier alpha value is -1.02. The minimum Gasteiger partial charge on any atom is -0.370 e. The van der Waals surface area contributed by atoms with Gasteiger partial charge in [-0.25, -0.2) is 0 Å². The smallest absolute Gasteiger partial charge is 0.0370 e. The van der Waals surface area contributed by atoms with Crippen LogP contribution in [0, 0.1) is 5.41 Å². The summed E-state index contributed by atoms with van der Waals surface area (Å²) in [7, 11) is 0. The lowest BCUT2D eigenvalue weighted by molar-refractivity contribution is 0.0904. The Morgan fingerprint density at radius 3 is 2.76 bits per heavy atom. The minimum absolute atomic E-state index is 0.730. The third-order valence-corrected chi connectivity index (χ3v) is 4.91. The normalized spacial score (nSPS) is 25.1. The Morgan fingerprint density at radius 2 is 2.00 bits per heavy atom. The predicted octanol–water partition coefficient (Wildman–Crippen LogP) is 2.32. The van der Waals surface area contributed by atoms with E-state index in [-0.39, 0.29) is 0 Å². The van der Waals surface area contributed by atoms with Gasteiger partial charge in [0.05, 0.1) is 0 Å². The molecule has 17 heavy (non-hydrogen) atoms. The lowest BCUT2D eigenvalue weighted by Gasteiger charge is -2.57. The summed E-state index contributed by atoms with van der Waals surface area (Å²) in [6.45, 7) is 4.81. The van der Waals surface area contributed by atoms with Crippen LogP contribution < -0.4 is 10.2 Å². The number of hydrogen-bond acceptors (Lipinski definition) is 2. The van der Waals surface area contributed by atoms with Crippen molar-refractivity contribution in [1.82, 2.24) is 5.32 Å². The summed E-state index contributed by atoms with van der Waals surface area (Å²) in [5.41, 5.74) is 5.24. The van der Waals surface area contributed by atoms with Crippen LogP contribution in [0.2, 0.25) is 0 Å². The molecular formula is C15H20N2. The van der Waals surface area contributed by atoms with Crippen molar-refractivity contribution < 1.29 is 0 Å². The van der Waals surface area contributed by atoms with Crippen LogP contribution in [0.1, 0.15) is 30.4 Å². The van der Waals surface area contributed by atoms with Gasteiger partial charge in [0.25, 0.3) is 0 Å². The van der Waals surface area contributed by atoms with Gasteiger partial charge in [0.1, 0.15) is 0 Å². The van der Waals surface area contributed by atoms with Gasteiger partial charge in [-0.2, -0.15) is 0 Å². The standard InChI is InChI=1S/C15H20N2/c1-5-15(6-1)10-17(11-15)14-3-2-12-4-7-16-9-13(12)8-14/h2-3,8,16H,1,4-7,9-11H2. The second-order valence-electron chi connectivity index (χ2n) is 6.09. The molecule has 1 spiro atoms. The zero-order valence-electron chi connectivity index (χ0n) is 10.3. The second-order valence-corrected chi connectivity index (χ2v) is 6.09. The molecule has 0 radical (unpaired) electrons.